The quantitative estimate of drug-likeness (QED) is 0.839. The molecule has 1 saturated heterocycles. The number of rotatable bonds is 2. The van der Waals surface area contributed by atoms with E-state index in [1.807, 2.05) is 51.2 Å². The normalized spacial score (nSPS) is 18.4. The Hall–Kier alpha value is -1.82. The molecule has 1 aliphatic rings. The fraction of sp³-hybridized carbons (Fsp3) is 0.471. The zero-order valence-corrected chi connectivity index (χ0v) is 14.5. The summed E-state index contributed by atoms with van der Waals surface area (Å²) in [6.07, 6.45) is 2.52. The van der Waals surface area contributed by atoms with E-state index in [0.29, 0.717) is 11.8 Å². The Bertz CT molecular complexity index is 714. The molecular formula is C17H21N3O2S. The van der Waals surface area contributed by atoms with E-state index in [4.69, 9.17) is 4.74 Å². The van der Waals surface area contributed by atoms with Crippen molar-refractivity contribution in [3.63, 3.8) is 0 Å². The Morgan fingerprint density at radius 2 is 2.04 bits per heavy atom. The molecule has 1 unspecified atom stereocenters. The number of amides is 1. The van der Waals surface area contributed by atoms with Crippen LogP contribution in [0.4, 0.5) is 4.79 Å². The lowest BCUT2D eigenvalue weighted by atomic mass is 10.2. The molecule has 0 N–H and O–H groups in total. The second-order valence-electron chi connectivity index (χ2n) is 6.65. The monoisotopic (exact) mass is 331 g/mol. The van der Waals surface area contributed by atoms with Gasteiger partial charge in [-0.1, -0.05) is 23.9 Å². The van der Waals surface area contributed by atoms with Gasteiger partial charge in [0, 0.05) is 18.3 Å². The molecule has 0 saturated carbocycles. The maximum absolute atomic E-state index is 12.1. The topological polar surface area (TPSA) is 55.3 Å². The molecule has 122 valence electrons. The second-order valence-corrected chi connectivity index (χ2v) is 7.97. The number of fused-ring (bicyclic) bond motifs is 1. The molecule has 1 aromatic heterocycles. The van der Waals surface area contributed by atoms with Crippen LogP contribution in [0.25, 0.3) is 11.0 Å². The molecule has 5 nitrogen and oxygen atoms in total. The second kappa shape index (κ2) is 6.35. The summed E-state index contributed by atoms with van der Waals surface area (Å²) < 4.78 is 5.43. The molecule has 1 aromatic carbocycles. The van der Waals surface area contributed by atoms with Gasteiger partial charge in [-0.2, -0.15) is 0 Å². The summed E-state index contributed by atoms with van der Waals surface area (Å²) in [4.78, 5) is 22.9. The van der Waals surface area contributed by atoms with E-state index in [2.05, 4.69) is 9.97 Å². The van der Waals surface area contributed by atoms with Crippen molar-refractivity contribution in [3.8, 4) is 0 Å². The lowest BCUT2D eigenvalue weighted by Gasteiger charge is -2.24. The molecule has 1 amide bonds. The summed E-state index contributed by atoms with van der Waals surface area (Å²) in [6, 6.07) is 7.84. The van der Waals surface area contributed by atoms with Crippen LogP contribution < -0.4 is 0 Å². The number of nitrogens with zero attached hydrogens (tertiary/aromatic N) is 3. The van der Waals surface area contributed by atoms with E-state index in [1.165, 1.54) is 0 Å². The first-order chi connectivity index (χ1) is 10.9. The lowest BCUT2D eigenvalue weighted by Crippen LogP contribution is -2.35. The molecule has 6 heteroatoms. The number of aromatic nitrogens is 2. The average molecular weight is 331 g/mol. The van der Waals surface area contributed by atoms with Gasteiger partial charge >= 0.3 is 6.09 Å². The van der Waals surface area contributed by atoms with Crippen molar-refractivity contribution < 1.29 is 9.53 Å². The van der Waals surface area contributed by atoms with Gasteiger partial charge in [0.15, 0.2) is 0 Å². The number of hydrogen-bond donors (Lipinski definition) is 0. The van der Waals surface area contributed by atoms with Gasteiger partial charge in [-0.3, -0.25) is 4.98 Å². The number of carbonyl (C=O) groups is 1. The number of hydrogen-bond acceptors (Lipinski definition) is 5. The van der Waals surface area contributed by atoms with Crippen LogP contribution in [-0.4, -0.2) is 44.9 Å². The molecule has 1 fully saturated rings. The smallest absolute Gasteiger partial charge is 0.410 e. The van der Waals surface area contributed by atoms with E-state index < -0.39 is 5.60 Å². The molecule has 2 heterocycles. The molecule has 0 bridgehead atoms. The largest absolute Gasteiger partial charge is 0.444 e. The van der Waals surface area contributed by atoms with Gasteiger partial charge in [-0.25, -0.2) is 9.78 Å². The third-order valence-corrected chi connectivity index (χ3v) is 4.67. The van der Waals surface area contributed by atoms with E-state index >= 15 is 0 Å². The first-order valence-electron chi connectivity index (χ1n) is 7.77. The van der Waals surface area contributed by atoms with Gasteiger partial charge in [0.1, 0.15) is 10.6 Å². The number of ether oxygens (including phenoxy) is 1. The minimum atomic E-state index is -0.452. The molecule has 0 spiro atoms. The van der Waals surface area contributed by atoms with Gasteiger partial charge in [-0.15, -0.1) is 0 Å². The molecule has 2 aromatic rings. The zero-order chi connectivity index (χ0) is 16.4. The first kappa shape index (κ1) is 16.1. The van der Waals surface area contributed by atoms with Crippen molar-refractivity contribution in [1.82, 2.24) is 14.9 Å². The standard InChI is InChI=1S/C17H21N3O2S/c1-17(2,3)22-16(21)20-9-8-12(11-20)23-15-10-18-13-6-4-5-7-14(13)19-15/h4-7,10,12H,8-9,11H2,1-3H3. The zero-order valence-electron chi connectivity index (χ0n) is 13.7. The van der Waals surface area contributed by atoms with Gasteiger partial charge < -0.3 is 9.64 Å². The van der Waals surface area contributed by atoms with E-state index in [0.717, 1.165) is 29.0 Å². The summed E-state index contributed by atoms with van der Waals surface area (Å²) in [5, 5.41) is 1.23. The highest BCUT2D eigenvalue weighted by Crippen LogP contribution is 2.29. The summed E-state index contributed by atoms with van der Waals surface area (Å²) in [7, 11) is 0. The van der Waals surface area contributed by atoms with Crippen molar-refractivity contribution in [1.29, 1.82) is 0 Å². The van der Waals surface area contributed by atoms with E-state index in [1.54, 1.807) is 16.7 Å². The van der Waals surface area contributed by atoms with Crippen LogP contribution in [-0.2, 0) is 4.74 Å². The number of benzene rings is 1. The van der Waals surface area contributed by atoms with Gasteiger partial charge in [-0.05, 0) is 39.3 Å². The summed E-state index contributed by atoms with van der Waals surface area (Å²) in [5.41, 5.74) is 1.35. The van der Waals surface area contributed by atoms with Crippen LogP contribution in [0, 0.1) is 0 Å². The SMILES string of the molecule is CC(C)(C)OC(=O)N1CCC(Sc2cnc3ccccc3n2)C1. The Morgan fingerprint density at radius 1 is 1.30 bits per heavy atom. The van der Waals surface area contributed by atoms with Crippen LogP contribution in [0.2, 0.25) is 0 Å². The van der Waals surface area contributed by atoms with E-state index in [-0.39, 0.29) is 6.09 Å². The van der Waals surface area contributed by atoms with Crippen LogP contribution >= 0.6 is 11.8 Å². The van der Waals surface area contributed by atoms with Crippen molar-refractivity contribution >= 4 is 28.9 Å². The number of carbonyl (C=O) groups excluding carboxylic acids is 1. The summed E-state index contributed by atoms with van der Waals surface area (Å²) in [5.74, 6) is 0. The Morgan fingerprint density at radius 3 is 2.78 bits per heavy atom. The van der Waals surface area contributed by atoms with Crippen LogP contribution in [0.5, 0.6) is 0 Å². The third kappa shape index (κ3) is 4.13. The maximum atomic E-state index is 12.1. The third-order valence-electron chi connectivity index (χ3n) is 3.51. The Labute approximate surface area is 140 Å². The molecule has 0 aliphatic carbocycles. The number of thioether (sulfide) groups is 1. The molecule has 1 aliphatic heterocycles. The predicted molar refractivity (Wildman–Crippen MR) is 91.6 cm³/mol. The highest BCUT2D eigenvalue weighted by Gasteiger charge is 2.30. The van der Waals surface area contributed by atoms with Crippen LogP contribution in [0.3, 0.4) is 0 Å². The summed E-state index contributed by atoms with van der Waals surface area (Å²) in [6.45, 7) is 7.08. The van der Waals surface area contributed by atoms with Gasteiger partial charge in [0.25, 0.3) is 0 Å². The number of para-hydroxylation sites is 2. The van der Waals surface area contributed by atoms with Crippen LogP contribution in [0.1, 0.15) is 27.2 Å². The highest BCUT2D eigenvalue weighted by atomic mass is 32.2. The molecule has 1 atom stereocenters. The summed E-state index contributed by atoms with van der Waals surface area (Å²) >= 11 is 1.68. The molecule has 23 heavy (non-hydrogen) atoms. The van der Waals surface area contributed by atoms with Crippen molar-refractivity contribution in [2.45, 2.75) is 43.1 Å². The first-order valence-corrected chi connectivity index (χ1v) is 8.65. The highest BCUT2D eigenvalue weighted by molar-refractivity contribution is 7.99. The van der Waals surface area contributed by atoms with E-state index in [9.17, 15) is 4.79 Å². The Balaban J connectivity index is 1.61. The van der Waals surface area contributed by atoms with Crippen molar-refractivity contribution in [3.05, 3.63) is 30.5 Å². The fourth-order valence-corrected chi connectivity index (χ4v) is 3.57. The van der Waals surface area contributed by atoms with Crippen molar-refractivity contribution in [2.75, 3.05) is 13.1 Å². The lowest BCUT2D eigenvalue weighted by molar-refractivity contribution is 0.0295. The van der Waals surface area contributed by atoms with Gasteiger partial charge in [0.2, 0.25) is 0 Å². The Kier molecular flexibility index (Phi) is 4.43. The minimum Gasteiger partial charge on any atom is -0.444 e. The van der Waals surface area contributed by atoms with Crippen LogP contribution in [0.15, 0.2) is 35.5 Å². The molecule has 3 rings (SSSR count). The number of likely N-dealkylation sites (tertiary alicyclic amines) is 1. The van der Waals surface area contributed by atoms with Gasteiger partial charge in [0.05, 0.1) is 17.2 Å². The maximum Gasteiger partial charge on any atom is 0.410 e. The minimum absolute atomic E-state index is 0.231. The average Bonchev–Trinajstić information content (AvgIpc) is 2.94. The molecule has 0 radical (unpaired) electrons. The molecular weight excluding hydrogens is 310 g/mol. The van der Waals surface area contributed by atoms with Crippen molar-refractivity contribution in [2.24, 2.45) is 0 Å². The fourth-order valence-electron chi connectivity index (χ4n) is 2.48. The predicted octanol–water partition coefficient (Wildman–Crippen LogP) is 3.73.